The summed E-state index contributed by atoms with van der Waals surface area (Å²) in [6, 6.07) is 0. The minimum Gasteiger partial charge on any atom is -0.366 e. The van der Waals surface area contributed by atoms with Crippen LogP contribution in [0.5, 0.6) is 0 Å². The number of aliphatic hydroxyl groups is 2. The monoisotopic (exact) mass is 244 g/mol. The van der Waals surface area contributed by atoms with E-state index in [4.69, 9.17) is 29.2 Å². The van der Waals surface area contributed by atoms with Gasteiger partial charge in [-0.3, -0.25) is 0 Å². The van der Waals surface area contributed by atoms with Crippen molar-refractivity contribution in [1.82, 2.24) is 0 Å². The zero-order valence-corrected chi connectivity index (χ0v) is 9.27. The molecule has 0 radical (unpaired) electrons. The van der Waals surface area contributed by atoms with E-state index in [0.29, 0.717) is 6.42 Å². The molecule has 0 aromatic heterocycles. The number of hydrogen-bond acceptors (Lipinski definition) is 6. The maximum Gasteiger partial charge on any atom is 0.181 e. The van der Waals surface area contributed by atoms with E-state index in [2.05, 4.69) is 0 Å². The number of rotatable bonds is 4. The van der Waals surface area contributed by atoms with Gasteiger partial charge in [0.15, 0.2) is 25.2 Å². The van der Waals surface area contributed by atoms with Crippen LogP contribution in [-0.4, -0.2) is 48.6 Å². The number of ether oxygens (including phenoxy) is 4. The molecule has 2 aliphatic rings. The minimum absolute atomic E-state index is 0.195. The molecule has 2 N–H and O–H groups in total. The molecular weight excluding hydrogens is 228 g/mol. The molecule has 2 fully saturated rings. The van der Waals surface area contributed by atoms with Crippen molar-refractivity contribution in [3.63, 3.8) is 0 Å². The van der Waals surface area contributed by atoms with E-state index in [0.717, 1.165) is 0 Å². The third-order valence-electron chi connectivity index (χ3n) is 2.27. The molecule has 2 aliphatic heterocycles. The van der Waals surface area contributed by atoms with Crippen molar-refractivity contribution in [1.29, 1.82) is 0 Å². The van der Waals surface area contributed by atoms with Gasteiger partial charge in [0.2, 0.25) is 0 Å². The molecule has 0 aromatic rings. The van der Waals surface area contributed by atoms with Gasteiger partial charge in [0.05, 0.1) is 0 Å². The first-order valence-electron chi connectivity index (χ1n) is 5.47. The smallest absolute Gasteiger partial charge is 0.181 e. The summed E-state index contributed by atoms with van der Waals surface area (Å²) < 4.78 is 20.2. The van der Waals surface area contributed by atoms with Crippen LogP contribution in [0, 0.1) is 0 Å². The quantitative estimate of drug-likeness (QED) is 0.671. The molecule has 6 nitrogen and oxygen atoms in total. The Hall–Kier alpha value is -0.760. The normalized spacial score (nSPS) is 38.7. The highest BCUT2D eigenvalue weighted by molar-refractivity contribution is 5.04. The van der Waals surface area contributed by atoms with Crippen LogP contribution in [0.2, 0.25) is 0 Å². The Morgan fingerprint density at radius 3 is 2.41 bits per heavy atom. The van der Waals surface area contributed by atoms with Crippen LogP contribution in [0.25, 0.3) is 0 Å². The van der Waals surface area contributed by atoms with E-state index in [1.165, 1.54) is 0 Å². The van der Waals surface area contributed by atoms with Gasteiger partial charge < -0.3 is 29.2 Å². The highest BCUT2D eigenvalue weighted by Crippen LogP contribution is 2.13. The molecule has 0 aromatic carbocycles. The van der Waals surface area contributed by atoms with E-state index in [9.17, 15) is 0 Å². The third kappa shape index (κ3) is 4.19. The van der Waals surface area contributed by atoms with Gasteiger partial charge in [-0.15, -0.1) is 0 Å². The predicted molar refractivity (Wildman–Crippen MR) is 56.6 cm³/mol. The van der Waals surface area contributed by atoms with Gasteiger partial charge in [0.25, 0.3) is 0 Å². The molecule has 6 heteroatoms. The SMILES string of the molecule is OC1COC(/C=C/C=C/CC2OCC(O)O2)O1. The molecule has 0 amide bonds. The standard InChI is InChI=1S/C11H16O6/c12-8-6-14-10(16-8)4-2-1-3-5-11-15-7-9(13)17-11/h1-4,8-13H,5-7H2/b3-1+,4-2+. The van der Waals surface area contributed by atoms with Crippen LogP contribution in [0.4, 0.5) is 0 Å². The molecule has 96 valence electrons. The summed E-state index contributed by atoms with van der Waals surface area (Å²) in [6.07, 6.45) is 5.15. The first-order chi connectivity index (χ1) is 8.24. The number of allylic oxidation sites excluding steroid dienone is 2. The predicted octanol–water partition coefficient (Wildman–Crippen LogP) is -0.129. The average molecular weight is 244 g/mol. The second-order valence-corrected chi connectivity index (χ2v) is 3.69. The molecule has 17 heavy (non-hydrogen) atoms. The Morgan fingerprint density at radius 1 is 1.00 bits per heavy atom. The molecule has 4 unspecified atom stereocenters. The van der Waals surface area contributed by atoms with Crippen molar-refractivity contribution in [3.05, 3.63) is 24.3 Å². The van der Waals surface area contributed by atoms with E-state index in [1.807, 2.05) is 6.08 Å². The Labute approximate surface area is 99.0 Å². The topological polar surface area (TPSA) is 77.4 Å². The number of hydrogen-bond donors (Lipinski definition) is 2. The number of aliphatic hydroxyl groups excluding tert-OH is 2. The van der Waals surface area contributed by atoms with Crippen LogP contribution >= 0.6 is 0 Å². The zero-order chi connectivity index (χ0) is 12.1. The second-order valence-electron chi connectivity index (χ2n) is 3.69. The highest BCUT2D eigenvalue weighted by Gasteiger charge is 2.22. The lowest BCUT2D eigenvalue weighted by Crippen LogP contribution is -2.10. The summed E-state index contributed by atoms with van der Waals surface area (Å²) in [6.45, 7) is 0.413. The largest absolute Gasteiger partial charge is 0.366 e. The summed E-state index contributed by atoms with van der Waals surface area (Å²) in [5.74, 6) is 0. The maximum atomic E-state index is 9.03. The lowest BCUT2D eigenvalue weighted by Gasteiger charge is -2.04. The lowest BCUT2D eigenvalue weighted by atomic mass is 10.3. The highest BCUT2D eigenvalue weighted by atomic mass is 16.8. The van der Waals surface area contributed by atoms with Crippen LogP contribution in [-0.2, 0) is 18.9 Å². The molecule has 2 heterocycles. The Balaban J connectivity index is 1.62. The van der Waals surface area contributed by atoms with Crippen molar-refractivity contribution in [2.75, 3.05) is 13.2 Å². The molecule has 0 spiro atoms. The van der Waals surface area contributed by atoms with E-state index in [1.54, 1.807) is 18.2 Å². The molecule has 4 atom stereocenters. The lowest BCUT2D eigenvalue weighted by molar-refractivity contribution is -0.111. The third-order valence-corrected chi connectivity index (χ3v) is 2.27. The fourth-order valence-corrected chi connectivity index (χ4v) is 1.50. The van der Waals surface area contributed by atoms with Gasteiger partial charge in [-0.2, -0.15) is 0 Å². The molecule has 2 rings (SSSR count). The van der Waals surface area contributed by atoms with E-state index >= 15 is 0 Å². The first kappa shape index (κ1) is 12.7. The molecule has 2 saturated heterocycles. The van der Waals surface area contributed by atoms with Crippen molar-refractivity contribution in [2.24, 2.45) is 0 Å². The van der Waals surface area contributed by atoms with Gasteiger partial charge >= 0.3 is 0 Å². The molecule has 0 aliphatic carbocycles. The Morgan fingerprint density at radius 2 is 1.76 bits per heavy atom. The summed E-state index contributed by atoms with van der Waals surface area (Å²) in [7, 11) is 0. The second kappa shape index (κ2) is 6.25. The van der Waals surface area contributed by atoms with Gasteiger partial charge in [-0.1, -0.05) is 18.2 Å². The van der Waals surface area contributed by atoms with E-state index < -0.39 is 18.9 Å². The van der Waals surface area contributed by atoms with Crippen molar-refractivity contribution in [3.8, 4) is 0 Å². The summed E-state index contributed by atoms with van der Waals surface area (Å²) in [5.41, 5.74) is 0. The molecular formula is C11H16O6. The van der Waals surface area contributed by atoms with Gasteiger partial charge in [0, 0.05) is 6.42 Å². The van der Waals surface area contributed by atoms with E-state index in [-0.39, 0.29) is 19.5 Å². The van der Waals surface area contributed by atoms with Crippen LogP contribution in [0.1, 0.15) is 6.42 Å². The zero-order valence-electron chi connectivity index (χ0n) is 9.27. The molecule has 0 bridgehead atoms. The van der Waals surface area contributed by atoms with Crippen molar-refractivity contribution < 1.29 is 29.2 Å². The fraction of sp³-hybridized carbons (Fsp3) is 0.636. The van der Waals surface area contributed by atoms with Gasteiger partial charge in [-0.05, 0) is 6.08 Å². The van der Waals surface area contributed by atoms with Crippen LogP contribution in [0.15, 0.2) is 24.3 Å². The molecule has 0 saturated carbocycles. The summed E-state index contributed by atoms with van der Waals surface area (Å²) in [4.78, 5) is 0. The van der Waals surface area contributed by atoms with Crippen molar-refractivity contribution in [2.45, 2.75) is 31.6 Å². The van der Waals surface area contributed by atoms with Gasteiger partial charge in [0.1, 0.15) is 13.2 Å². The Bertz CT molecular complexity index is 290. The maximum absolute atomic E-state index is 9.03. The van der Waals surface area contributed by atoms with Crippen LogP contribution in [0.3, 0.4) is 0 Å². The minimum atomic E-state index is -0.838. The Kier molecular flexibility index (Phi) is 4.66. The van der Waals surface area contributed by atoms with Crippen molar-refractivity contribution >= 4 is 0 Å². The average Bonchev–Trinajstić information content (AvgIpc) is 2.88. The summed E-state index contributed by atoms with van der Waals surface area (Å²) in [5, 5.41) is 18.0. The van der Waals surface area contributed by atoms with Gasteiger partial charge in [-0.25, -0.2) is 0 Å². The first-order valence-corrected chi connectivity index (χ1v) is 5.47. The van der Waals surface area contributed by atoms with Crippen LogP contribution < -0.4 is 0 Å². The summed E-state index contributed by atoms with van der Waals surface area (Å²) >= 11 is 0. The fourth-order valence-electron chi connectivity index (χ4n) is 1.50.